The van der Waals surface area contributed by atoms with Crippen LogP contribution in [0.25, 0.3) is 11.1 Å². The first kappa shape index (κ1) is 26.5. The quantitative estimate of drug-likeness (QED) is 0.172. The van der Waals surface area contributed by atoms with Gasteiger partial charge in [0.15, 0.2) is 0 Å². The number of thioether (sulfide) groups is 1. The Morgan fingerprint density at radius 1 is 1.12 bits per heavy atom. The Bertz CT molecular complexity index is 1190. The van der Waals surface area contributed by atoms with Crippen LogP contribution in [0.15, 0.2) is 70.9 Å². The smallest absolute Gasteiger partial charge is 0.269 e. The maximum Gasteiger partial charge on any atom is 0.269 e. The van der Waals surface area contributed by atoms with E-state index in [1.54, 1.807) is 30.0 Å². The molecule has 1 amide bonds. The minimum atomic E-state index is -3.66. The number of aldehydes is 1. The molecule has 11 heteroatoms. The van der Waals surface area contributed by atoms with Gasteiger partial charge >= 0.3 is 0 Å². The number of hydrogen-bond acceptors (Lipinski definition) is 8. The van der Waals surface area contributed by atoms with Crippen LogP contribution in [-0.4, -0.2) is 38.7 Å². The molecule has 0 bridgehead atoms. The van der Waals surface area contributed by atoms with E-state index in [2.05, 4.69) is 15.6 Å². The highest BCUT2D eigenvalue weighted by atomic mass is 33.1. The van der Waals surface area contributed by atoms with E-state index in [-0.39, 0.29) is 6.54 Å². The number of rotatable bonds is 13. The molecule has 0 aliphatic heterocycles. The minimum Gasteiger partial charge on any atom is -0.302 e. The van der Waals surface area contributed by atoms with Crippen LogP contribution in [0, 0.1) is 0 Å². The standard InChI is InChI=1S/C23H25N3O4S4/c1-31-13-11-18(16-27)25-26-23(28)21-10-9-19(14-22(21)17-6-3-2-4-7-17)33-34(29,30)24-15-20-8-5-12-32-20/h2-10,12,14,16,18,24-25H,11,13,15H2,1H3,(H,26,28)/t18-/m1/s1. The molecule has 0 fully saturated rings. The number of carbonyl (C=O) groups excluding carboxylic acids is 2. The molecule has 1 heterocycles. The van der Waals surface area contributed by atoms with Crippen LogP contribution in [0.1, 0.15) is 21.7 Å². The lowest BCUT2D eigenvalue weighted by atomic mass is 9.99. The number of nitrogens with one attached hydrogen (secondary N) is 3. The predicted molar refractivity (Wildman–Crippen MR) is 141 cm³/mol. The summed E-state index contributed by atoms with van der Waals surface area (Å²) in [6, 6.07) is 17.4. The molecule has 0 aliphatic rings. The number of hydrazine groups is 1. The first-order valence-corrected chi connectivity index (χ1v) is 15.4. The molecule has 3 N–H and O–H groups in total. The fourth-order valence-corrected chi connectivity index (χ4v) is 6.59. The Kier molecular flexibility index (Phi) is 10.2. The van der Waals surface area contributed by atoms with Crippen molar-refractivity contribution in [2.24, 2.45) is 0 Å². The fourth-order valence-electron chi connectivity index (χ4n) is 3.00. The minimum absolute atomic E-state index is 0.221. The number of benzene rings is 2. The highest BCUT2D eigenvalue weighted by Crippen LogP contribution is 2.31. The van der Waals surface area contributed by atoms with Crippen LogP contribution in [-0.2, 0) is 20.4 Å². The van der Waals surface area contributed by atoms with Crippen molar-refractivity contribution in [3.05, 3.63) is 76.5 Å². The summed E-state index contributed by atoms with van der Waals surface area (Å²) in [5.41, 5.74) is 7.10. The highest BCUT2D eigenvalue weighted by Gasteiger charge is 2.18. The second-order valence-electron chi connectivity index (χ2n) is 7.13. The Labute approximate surface area is 211 Å². The van der Waals surface area contributed by atoms with E-state index in [0.717, 1.165) is 22.5 Å². The van der Waals surface area contributed by atoms with E-state index in [9.17, 15) is 18.0 Å². The van der Waals surface area contributed by atoms with Crippen molar-refractivity contribution in [1.82, 2.24) is 15.6 Å². The molecule has 0 radical (unpaired) electrons. The summed E-state index contributed by atoms with van der Waals surface area (Å²) < 4.78 is 27.8. The third kappa shape index (κ3) is 7.97. The number of hydrogen-bond donors (Lipinski definition) is 3. The molecule has 7 nitrogen and oxygen atoms in total. The Morgan fingerprint density at radius 2 is 1.91 bits per heavy atom. The molecule has 0 aliphatic carbocycles. The van der Waals surface area contributed by atoms with Crippen LogP contribution in [0.3, 0.4) is 0 Å². The van der Waals surface area contributed by atoms with Gasteiger partial charge in [0.25, 0.3) is 15.0 Å². The molecule has 34 heavy (non-hydrogen) atoms. The summed E-state index contributed by atoms with van der Waals surface area (Å²) >= 11 is 3.09. The van der Waals surface area contributed by atoms with E-state index < -0.39 is 21.0 Å². The van der Waals surface area contributed by atoms with Crippen molar-refractivity contribution >= 4 is 55.1 Å². The van der Waals surface area contributed by atoms with E-state index >= 15 is 0 Å². The molecule has 0 saturated carbocycles. The normalized spacial score (nSPS) is 12.3. The van der Waals surface area contributed by atoms with Gasteiger partial charge in [-0.1, -0.05) is 36.4 Å². The SMILES string of the molecule is CSCC[C@H](C=O)NNC(=O)c1ccc(SS(=O)(=O)NCc2cccs2)cc1-c1ccccc1. The van der Waals surface area contributed by atoms with Crippen molar-refractivity contribution < 1.29 is 18.0 Å². The average Bonchev–Trinajstić information content (AvgIpc) is 3.37. The van der Waals surface area contributed by atoms with Crippen LogP contribution in [0.2, 0.25) is 0 Å². The monoisotopic (exact) mass is 535 g/mol. The first-order valence-electron chi connectivity index (χ1n) is 10.3. The summed E-state index contributed by atoms with van der Waals surface area (Å²) in [4.78, 5) is 25.6. The lowest BCUT2D eigenvalue weighted by Crippen LogP contribution is -2.45. The Balaban J connectivity index is 1.79. The van der Waals surface area contributed by atoms with Gasteiger partial charge in [0.05, 0.1) is 6.04 Å². The molecular weight excluding hydrogens is 511 g/mol. The molecule has 3 rings (SSSR count). The van der Waals surface area contributed by atoms with Crippen LogP contribution < -0.4 is 15.6 Å². The third-order valence-corrected chi connectivity index (χ3v) is 8.97. The van der Waals surface area contributed by atoms with Crippen LogP contribution >= 0.6 is 33.9 Å². The number of thiophene rings is 1. The maximum absolute atomic E-state index is 12.9. The lowest BCUT2D eigenvalue weighted by Gasteiger charge is -2.16. The van der Waals surface area contributed by atoms with Crippen molar-refractivity contribution in [2.45, 2.75) is 23.9 Å². The average molecular weight is 536 g/mol. The number of carbonyl (C=O) groups is 2. The molecule has 2 aromatic carbocycles. The molecule has 1 aromatic heterocycles. The van der Waals surface area contributed by atoms with E-state index in [1.165, 1.54) is 11.3 Å². The largest absolute Gasteiger partial charge is 0.302 e. The summed E-state index contributed by atoms with van der Waals surface area (Å²) in [6.45, 7) is 0.221. The Hall–Kier alpha value is -2.15. The van der Waals surface area contributed by atoms with Crippen LogP contribution in [0.4, 0.5) is 0 Å². The van der Waals surface area contributed by atoms with Gasteiger partial charge in [-0.3, -0.25) is 10.2 Å². The van der Waals surface area contributed by atoms with Gasteiger partial charge in [-0.2, -0.15) is 11.8 Å². The van der Waals surface area contributed by atoms with Gasteiger partial charge in [0.1, 0.15) is 6.29 Å². The van der Waals surface area contributed by atoms with Crippen molar-refractivity contribution in [3.63, 3.8) is 0 Å². The molecule has 0 saturated heterocycles. The van der Waals surface area contributed by atoms with Gasteiger partial charge in [0, 0.05) is 32.7 Å². The zero-order valence-electron chi connectivity index (χ0n) is 18.4. The van der Waals surface area contributed by atoms with Crippen molar-refractivity contribution in [2.75, 3.05) is 12.0 Å². The third-order valence-electron chi connectivity index (χ3n) is 4.70. The summed E-state index contributed by atoms with van der Waals surface area (Å²) in [7, 11) is -2.96. The fraction of sp³-hybridized carbons (Fsp3) is 0.217. The number of amides is 1. The van der Waals surface area contributed by atoms with Crippen molar-refractivity contribution in [1.29, 1.82) is 0 Å². The predicted octanol–water partition coefficient (Wildman–Crippen LogP) is 4.10. The molecule has 0 spiro atoms. The zero-order chi connectivity index (χ0) is 24.4. The molecule has 0 unspecified atom stereocenters. The van der Waals surface area contributed by atoms with Crippen molar-refractivity contribution in [3.8, 4) is 11.1 Å². The van der Waals surface area contributed by atoms with Gasteiger partial charge in [0.2, 0.25) is 0 Å². The van der Waals surface area contributed by atoms with E-state index in [0.29, 0.717) is 33.2 Å². The van der Waals surface area contributed by atoms with Gasteiger partial charge in [-0.15, -0.1) is 11.3 Å². The summed E-state index contributed by atoms with van der Waals surface area (Å²) in [5, 5.41) is 1.89. The maximum atomic E-state index is 12.9. The second kappa shape index (κ2) is 13.1. The van der Waals surface area contributed by atoms with Gasteiger partial charge in [-0.05, 0) is 59.2 Å². The first-order chi connectivity index (χ1) is 16.4. The summed E-state index contributed by atoms with van der Waals surface area (Å²) in [6.07, 6.45) is 3.30. The molecule has 1 atom stereocenters. The topological polar surface area (TPSA) is 104 Å². The zero-order valence-corrected chi connectivity index (χ0v) is 21.7. The second-order valence-corrected chi connectivity index (χ2v) is 12.8. The molecular formula is C23H25N3O4S4. The van der Waals surface area contributed by atoms with Gasteiger partial charge < -0.3 is 4.79 Å². The molecule has 3 aromatic rings. The lowest BCUT2D eigenvalue weighted by molar-refractivity contribution is -0.109. The van der Waals surface area contributed by atoms with Gasteiger partial charge in [-0.25, -0.2) is 18.6 Å². The van der Waals surface area contributed by atoms with Crippen LogP contribution in [0.5, 0.6) is 0 Å². The Morgan fingerprint density at radius 3 is 2.59 bits per heavy atom. The highest BCUT2D eigenvalue weighted by molar-refractivity contribution is 8.71. The van der Waals surface area contributed by atoms with E-state index in [1.807, 2.05) is 54.1 Å². The van der Waals surface area contributed by atoms with E-state index in [4.69, 9.17) is 0 Å². The summed E-state index contributed by atoms with van der Waals surface area (Å²) in [5.74, 6) is 0.368. The molecule has 180 valence electrons.